The summed E-state index contributed by atoms with van der Waals surface area (Å²) < 4.78 is 19.5. The van der Waals surface area contributed by atoms with E-state index in [4.69, 9.17) is 28.5 Å². The maximum Gasteiger partial charge on any atom is 0.167 e. The maximum absolute atomic E-state index is 6.61. The summed E-state index contributed by atoms with van der Waals surface area (Å²) in [5.41, 5.74) is 10.7. The molecule has 0 saturated heterocycles. The maximum atomic E-state index is 6.61. The highest BCUT2D eigenvalue weighted by Crippen LogP contribution is 2.51. The van der Waals surface area contributed by atoms with Crippen molar-refractivity contribution in [1.29, 1.82) is 0 Å². The van der Waals surface area contributed by atoms with Crippen LogP contribution in [0.3, 0.4) is 0 Å². The van der Waals surface area contributed by atoms with Crippen LogP contribution in [0.4, 0.5) is 17.1 Å². The zero-order valence-corrected chi connectivity index (χ0v) is 30.8. The Labute approximate surface area is 332 Å². The summed E-state index contributed by atoms with van der Waals surface area (Å²) in [6.07, 6.45) is 0. The zero-order chi connectivity index (χ0) is 38.2. The first-order valence-electron chi connectivity index (χ1n) is 19.2. The van der Waals surface area contributed by atoms with E-state index in [2.05, 4.69) is 95.9 Å². The third-order valence-corrected chi connectivity index (χ3v) is 10.9. The van der Waals surface area contributed by atoms with E-state index in [1.165, 1.54) is 0 Å². The first-order chi connectivity index (χ1) is 28.7. The highest BCUT2D eigenvalue weighted by Gasteiger charge is 2.26. The Hall–Kier alpha value is -8.03. The second kappa shape index (κ2) is 12.8. The Balaban J connectivity index is 0.945. The van der Waals surface area contributed by atoms with Crippen LogP contribution in [0.1, 0.15) is 0 Å². The van der Waals surface area contributed by atoms with Crippen LogP contribution >= 0.6 is 0 Å². The molecule has 12 rings (SSSR count). The summed E-state index contributed by atoms with van der Waals surface area (Å²) in [6.45, 7) is 0. The third kappa shape index (κ3) is 5.18. The molecule has 1 aliphatic heterocycles. The molecular weight excluding hydrogens is 717 g/mol. The van der Waals surface area contributed by atoms with Gasteiger partial charge in [0.05, 0.1) is 16.9 Å². The summed E-state index contributed by atoms with van der Waals surface area (Å²) >= 11 is 0. The van der Waals surface area contributed by atoms with E-state index < -0.39 is 0 Å². The second-order valence-corrected chi connectivity index (χ2v) is 14.4. The van der Waals surface area contributed by atoms with Gasteiger partial charge in [-0.1, -0.05) is 109 Å². The van der Waals surface area contributed by atoms with Gasteiger partial charge < -0.3 is 18.5 Å². The van der Waals surface area contributed by atoms with E-state index in [0.29, 0.717) is 17.5 Å². The summed E-state index contributed by atoms with van der Waals surface area (Å²) in [7, 11) is 0. The van der Waals surface area contributed by atoms with Crippen molar-refractivity contribution in [2.75, 3.05) is 4.90 Å². The summed E-state index contributed by atoms with van der Waals surface area (Å²) in [5.74, 6) is 3.25. The van der Waals surface area contributed by atoms with Crippen LogP contribution in [0.15, 0.2) is 191 Å². The molecule has 4 heterocycles. The Kier molecular flexibility index (Phi) is 7.09. The monoisotopic (exact) mass is 746 g/mol. The molecule has 7 heteroatoms. The number of hydrogen-bond acceptors (Lipinski definition) is 7. The molecule has 0 amide bonds. The van der Waals surface area contributed by atoms with Gasteiger partial charge in [-0.3, -0.25) is 0 Å². The fourth-order valence-electron chi connectivity index (χ4n) is 8.15. The Bertz CT molecular complexity index is 3390. The lowest BCUT2D eigenvalue weighted by atomic mass is 10.0. The van der Waals surface area contributed by atoms with Crippen LogP contribution in [0.25, 0.3) is 89.2 Å². The van der Waals surface area contributed by atoms with Crippen molar-refractivity contribution in [1.82, 2.24) is 15.0 Å². The quantitative estimate of drug-likeness (QED) is 0.173. The van der Waals surface area contributed by atoms with Gasteiger partial charge in [0.1, 0.15) is 22.3 Å². The van der Waals surface area contributed by atoms with Gasteiger partial charge in [0.2, 0.25) is 0 Å². The van der Waals surface area contributed by atoms with E-state index in [-0.39, 0.29) is 0 Å². The molecular formula is C51H30N4O3. The first-order valence-corrected chi connectivity index (χ1v) is 19.2. The van der Waals surface area contributed by atoms with Gasteiger partial charge in [-0.05, 0) is 83.9 Å². The highest BCUT2D eigenvalue weighted by atomic mass is 16.5. The molecule has 11 aromatic rings. The lowest BCUT2D eigenvalue weighted by Gasteiger charge is -2.33. The molecule has 0 spiro atoms. The summed E-state index contributed by atoms with van der Waals surface area (Å²) in [6, 6.07) is 61.6. The number of hydrogen-bond donors (Lipinski definition) is 0. The number of fused-ring (bicyclic) bond motifs is 8. The molecule has 0 radical (unpaired) electrons. The molecule has 0 aliphatic carbocycles. The largest absolute Gasteiger partial charge is 0.456 e. The van der Waals surface area contributed by atoms with E-state index in [9.17, 15) is 0 Å². The van der Waals surface area contributed by atoms with Crippen molar-refractivity contribution in [2.24, 2.45) is 0 Å². The molecule has 0 bridgehead atoms. The molecule has 7 nitrogen and oxygen atoms in total. The van der Waals surface area contributed by atoms with Crippen LogP contribution in [0.5, 0.6) is 11.5 Å². The molecule has 0 saturated carbocycles. The van der Waals surface area contributed by atoms with Crippen molar-refractivity contribution in [2.45, 2.75) is 0 Å². The lowest BCUT2D eigenvalue weighted by Crippen LogP contribution is -2.15. The van der Waals surface area contributed by atoms with Gasteiger partial charge in [-0.15, -0.1) is 0 Å². The van der Waals surface area contributed by atoms with Gasteiger partial charge in [0.25, 0.3) is 0 Å². The SMILES string of the molecule is c1ccc(-c2nc(-c3ccc4c(c3)oc3cc(-c5ccc6c(c5)Oc5ccccc5N6c5ccccc5)ccc34)nc(-c3cccc4c3oc3ccccc34)n2)cc1. The van der Waals surface area contributed by atoms with Crippen LogP contribution in [0, 0.1) is 0 Å². The molecule has 3 aromatic heterocycles. The second-order valence-electron chi connectivity index (χ2n) is 14.4. The Morgan fingerprint density at radius 2 is 0.966 bits per heavy atom. The van der Waals surface area contributed by atoms with Crippen LogP contribution in [-0.4, -0.2) is 15.0 Å². The highest BCUT2D eigenvalue weighted by molar-refractivity contribution is 6.09. The van der Waals surface area contributed by atoms with E-state index in [0.717, 1.165) is 100 Å². The van der Waals surface area contributed by atoms with Crippen molar-refractivity contribution in [3.8, 4) is 56.8 Å². The van der Waals surface area contributed by atoms with Crippen LogP contribution in [0.2, 0.25) is 0 Å². The van der Waals surface area contributed by atoms with E-state index >= 15 is 0 Å². The van der Waals surface area contributed by atoms with Crippen molar-refractivity contribution in [3.05, 3.63) is 182 Å². The van der Waals surface area contributed by atoms with Crippen molar-refractivity contribution < 1.29 is 13.6 Å². The predicted octanol–water partition coefficient (Wildman–Crippen LogP) is 13.9. The van der Waals surface area contributed by atoms with Gasteiger partial charge in [0, 0.05) is 38.4 Å². The number of furan rings is 2. The molecule has 58 heavy (non-hydrogen) atoms. The average molecular weight is 747 g/mol. The van der Waals surface area contributed by atoms with Crippen molar-refractivity contribution >= 4 is 60.9 Å². The molecule has 0 unspecified atom stereocenters. The summed E-state index contributed by atoms with van der Waals surface area (Å²) in [4.78, 5) is 17.3. The standard InChI is InChI=1S/C51H30N4O3/c1-3-12-31(13-4-1)49-52-50(54-51(53-49)40-18-11-17-39-36-16-7-9-20-43(36)58-48(39)40)34-23-26-38-37-25-22-32(28-45(37)57-46(38)30-34)33-24-27-42-47(29-33)56-44-21-10-8-19-41(44)55(42)35-14-5-2-6-15-35/h1-30H. The number of para-hydroxylation sites is 5. The van der Waals surface area contributed by atoms with Gasteiger partial charge >= 0.3 is 0 Å². The predicted molar refractivity (Wildman–Crippen MR) is 231 cm³/mol. The fourth-order valence-corrected chi connectivity index (χ4v) is 8.15. The minimum Gasteiger partial charge on any atom is -0.456 e. The Morgan fingerprint density at radius 3 is 1.81 bits per heavy atom. The smallest absolute Gasteiger partial charge is 0.167 e. The topological polar surface area (TPSA) is 77.4 Å². The van der Waals surface area contributed by atoms with E-state index in [1.54, 1.807) is 0 Å². The molecule has 8 aromatic carbocycles. The number of rotatable bonds is 5. The lowest BCUT2D eigenvalue weighted by molar-refractivity contribution is 0.477. The fraction of sp³-hybridized carbons (Fsp3) is 0. The number of benzene rings is 8. The number of nitrogens with zero attached hydrogens (tertiary/aromatic N) is 4. The average Bonchev–Trinajstić information content (AvgIpc) is 3.86. The van der Waals surface area contributed by atoms with Crippen molar-refractivity contribution in [3.63, 3.8) is 0 Å². The van der Waals surface area contributed by atoms with Crippen LogP contribution < -0.4 is 9.64 Å². The molecule has 0 N–H and O–H groups in total. The minimum absolute atomic E-state index is 0.535. The number of anilines is 3. The van der Waals surface area contributed by atoms with Crippen LogP contribution in [-0.2, 0) is 0 Å². The number of aromatic nitrogens is 3. The minimum atomic E-state index is 0.535. The zero-order valence-electron chi connectivity index (χ0n) is 30.8. The van der Waals surface area contributed by atoms with Gasteiger partial charge in [0.15, 0.2) is 29.0 Å². The molecule has 1 aliphatic rings. The molecule has 0 fully saturated rings. The molecule has 272 valence electrons. The molecule has 0 atom stereocenters. The Morgan fingerprint density at radius 1 is 0.362 bits per heavy atom. The van der Waals surface area contributed by atoms with Gasteiger partial charge in [-0.2, -0.15) is 0 Å². The van der Waals surface area contributed by atoms with Gasteiger partial charge in [-0.25, -0.2) is 15.0 Å². The normalized spacial score (nSPS) is 12.2. The first kappa shape index (κ1) is 32.2. The third-order valence-electron chi connectivity index (χ3n) is 10.9. The summed E-state index contributed by atoms with van der Waals surface area (Å²) in [5, 5.41) is 4.11. The number of ether oxygens (including phenoxy) is 1. The van der Waals surface area contributed by atoms with E-state index in [1.807, 2.05) is 91.0 Å².